The van der Waals surface area contributed by atoms with Gasteiger partial charge in [0.2, 0.25) is 5.89 Å². The number of rotatable bonds is 6. The lowest BCUT2D eigenvalue weighted by Gasteiger charge is -2.25. The Labute approximate surface area is 139 Å². The third kappa shape index (κ3) is 5.23. The zero-order valence-corrected chi connectivity index (χ0v) is 15.3. The Morgan fingerprint density at radius 2 is 2.09 bits per heavy atom. The van der Waals surface area contributed by atoms with Gasteiger partial charge in [-0.05, 0) is 32.9 Å². The molecule has 1 heterocycles. The van der Waals surface area contributed by atoms with Crippen LogP contribution in [-0.4, -0.2) is 49.6 Å². The maximum absolute atomic E-state index is 5.79. The molecule has 2 rings (SSSR count). The van der Waals surface area contributed by atoms with E-state index in [1.807, 2.05) is 6.20 Å². The van der Waals surface area contributed by atoms with Crippen LogP contribution in [0, 0.1) is 5.92 Å². The molecular weight excluding hydrogens is 290 g/mol. The summed E-state index contributed by atoms with van der Waals surface area (Å²) in [5, 5.41) is 6.68. The van der Waals surface area contributed by atoms with Crippen LogP contribution in [0.2, 0.25) is 0 Å². The second-order valence-electron chi connectivity index (χ2n) is 7.54. The molecule has 0 spiro atoms. The molecule has 0 radical (unpaired) electrons. The van der Waals surface area contributed by atoms with Gasteiger partial charge in [0.05, 0.1) is 12.7 Å². The highest BCUT2D eigenvalue weighted by Gasteiger charge is 2.32. The lowest BCUT2D eigenvalue weighted by atomic mass is 9.94. The quantitative estimate of drug-likeness (QED) is 0.619. The predicted octanol–water partition coefficient (Wildman–Crippen LogP) is 1.98. The van der Waals surface area contributed by atoms with Gasteiger partial charge in [-0.15, -0.1) is 0 Å². The molecule has 0 saturated heterocycles. The van der Waals surface area contributed by atoms with Crippen LogP contribution in [0.4, 0.5) is 0 Å². The fraction of sp³-hybridized carbons (Fsp3) is 0.765. The van der Waals surface area contributed by atoms with E-state index in [2.05, 4.69) is 60.4 Å². The van der Waals surface area contributed by atoms with Gasteiger partial charge in [-0.3, -0.25) is 4.99 Å². The van der Waals surface area contributed by atoms with Crippen LogP contribution >= 0.6 is 0 Å². The number of guanidine groups is 1. The van der Waals surface area contributed by atoms with E-state index in [1.54, 1.807) is 7.05 Å². The molecule has 1 atom stereocenters. The number of hydrogen-bond acceptors (Lipinski definition) is 4. The van der Waals surface area contributed by atoms with E-state index in [1.165, 1.54) is 12.8 Å². The van der Waals surface area contributed by atoms with Gasteiger partial charge >= 0.3 is 0 Å². The van der Waals surface area contributed by atoms with E-state index in [9.17, 15) is 0 Å². The zero-order chi connectivity index (χ0) is 17.0. The molecule has 0 bridgehead atoms. The number of oxazole rings is 1. The molecule has 1 aliphatic carbocycles. The predicted molar refractivity (Wildman–Crippen MR) is 93.6 cm³/mol. The van der Waals surface area contributed by atoms with E-state index in [-0.39, 0.29) is 5.41 Å². The minimum absolute atomic E-state index is 0.0195. The molecule has 1 saturated carbocycles. The third-order valence-electron chi connectivity index (χ3n) is 4.23. The van der Waals surface area contributed by atoms with E-state index < -0.39 is 0 Å². The Morgan fingerprint density at radius 3 is 2.57 bits per heavy atom. The molecular formula is C17H31N5O. The summed E-state index contributed by atoms with van der Waals surface area (Å²) in [4.78, 5) is 10.9. The molecule has 1 fully saturated rings. The molecule has 130 valence electrons. The van der Waals surface area contributed by atoms with Gasteiger partial charge in [0.25, 0.3) is 0 Å². The SMILES string of the molecule is CN=C(NCc1ncc(C(C)(C)C)o1)NCC(C1CC1)N(C)C. The topological polar surface area (TPSA) is 65.7 Å². The van der Waals surface area contributed by atoms with Gasteiger partial charge in [-0.1, -0.05) is 20.8 Å². The van der Waals surface area contributed by atoms with Crippen molar-refractivity contribution in [3.05, 3.63) is 17.8 Å². The normalized spacial score (nSPS) is 17.4. The van der Waals surface area contributed by atoms with E-state index in [0.717, 1.165) is 24.2 Å². The molecule has 1 aromatic rings. The van der Waals surface area contributed by atoms with Crippen molar-refractivity contribution in [2.75, 3.05) is 27.7 Å². The summed E-state index contributed by atoms with van der Waals surface area (Å²) < 4.78 is 5.79. The van der Waals surface area contributed by atoms with Crippen LogP contribution in [0.15, 0.2) is 15.6 Å². The van der Waals surface area contributed by atoms with Crippen LogP contribution in [0.3, 0.4) is 0 Å². The summed E-state index contributed by atoms with van der Waals surface area (Å²) in [6.07, 6.45) is 4.48. The van der Waals surface area contributed by atoms with Crippen LogP contribution in [-0.2, 0) is 12.0 Å². The zero-order valence-electron chi connectivity index (χ0n) is 15.3. The van der Waals surface area contributed by atoms with Crippen molar-refractivity contribution in [3.8, 4) is 0 Å². The van der Waals surface area contributed by atoms with Gasteiger partial charge < -0.3 is 20.0 Å². The number of aliphatic imine (C=N–C) groups is 1. The highest BCUT2D eigenvalue weighted by atomic mass is 16.4. The standard InChI is InChI=1S/C17H31N5O/c1-17(2,3)14-10-19-15(23-14)11-21-16(18-4)20-9-13(22(5)6)12-7-8-12/h10,12-13H,7-9,11H2,1-6H3,(H2,18,20,21). The van der Waals surface area contributed by atoms with Gasteiger partial charge in [0.15, 0.2) is 5.96 Å². The monoisotopic (exact) mass is 321 g/mol. The summed E-state index contributed by atoms with van der Waals surface area (Å²) in [5.74, 6) is 3.19. The Balaban J connectivity index is 1.82. The van der Waals surface area contributed by atoms with E-state index >= 15 is 0 Å². The summed E-state index contributed by atoms with van der Waals surface area (Å²) >= 11 is 0. The molecule has 6 nitrogen and oxygen atoms in total. The first kappa shape index (κ1) is 17.8. The minimum atomic E-state index is -0.0195. The molecule has 1 aromatic heterocycles. The first-order valence-electron chi connectivity index (χ1n) is 8.37. The maximum atomic E-state index is 5.79. The highest BCUT2D eigenvalue weighted by molar-refractivity contribution is 5.79. The Kier molecular flexibility index (Phi) is 5.68. The second kappa shape index (κ2) is 7.34. The number of aromatic nitrogens is 1. The van der Waals surface area contributed by atoms with Crippen LogP contribution < -0.4 is 10.6 Å². The molecule has 0 aliphatic heterocycles. The molecule has 6 heteroatoms. The lowest BCUT2D eigenvalue weighted by Crippen LogP contribution is -2.45. The molecule has 0 aromatic carbocycles. The molecule has 1 unspecified atom stereocenters. The molecule has 1 aliphatic rings. The fourth-order valence-electron chi connectivity index (χ4n) is 2.57. The summed E-state index contributed by atoms with van der Waals surface area (Å²) in [7, 11) is 6.07. The van der Waals surface area contributed by atoms with Crippen LogP contribution in [0.1, 0.15) is 45.3 Å². The minimum Gasteiger partial charge on any atom is -0.443 e. The van der Waals surface area contributed by atoms with Gasteiger partial charge in [0.1, 0.15) is 5.76 Å². The van der Waals surface area contributed by atoms with Crippen molar-refractivity contribution in [3.63, 3.8) is 0 Å². The second-order valence-corrected chi connectivity index (χ2v) is 7.54. The summed E-state index contributed by atoms with van der Waals surface area (Å²) in [6.45, 7) is 7.78. The van der Waals surface area contributed by atoms with Gasteiger partial charge in [-0.25, -0.2) is 4.98 Å². The number of nitrogens with one attached hydrogen (secondary N) is 2. The van der Waals surface area contributed by atoms with Crippen molar-refractivity contribution in [1.82, 2.24) is 20.5 Å². The van der Waals surface area contributed by atoms with Crippen molar-refractivity contribution < 1.29 is 4.42 Å². The van der Waals surface area contributed by atoms with Crippen LogP contribution in [0.5, 0.6) is 0 Å². The van der Waals surface area contributed by atoms with Crippen molar-refractivity contribution in [2.24, 2.45) is 10.9 Å². The van der Waals surface area contributed by atoms with E-state index in [4.69, 9.17) is 4.42 Å². The Bertz CT molecular complexity index is 523. The smallest absolute Gasteiger partial charge is 0.213 e. The first-order valence-corrected chi connectivity index (χ1v) is 8.37. The third-order valence-corrected chi connectivity index (χ3v) is 4.23. The largest absolute Gasteiger partial charge is 0.443 e. The average Bonchev–Trinajstić information content (AvgIpc) is 3.17. The number of likely N-dealkylation sites (N-methyl/N-ethyl adjacent to an activating group) is 1. The van der Waals surface area contributed by atoms with Crippen molar-refractivity contribution in [1.29, 1.82) is 0 Å². The maximum Gasteiger partial charge on any atom is 0.213 e. The average molecular weight is 321 g/mol. The summed E-state index contributed by atoms with van der Waals surface area (Å²) in [6, 6.07) is 0.558. The van der Waals surface area contributed by atoms with E-state index in [0.29, 0.717) is 18.5 Å². The highest BCUT2D eigenvalue weighted by Crippen LogP contribution is 2.34. The van der Waals surface area contributed by atoms with Crippen molar-refractivity contribution in [2.45, 2.75) is 51.6 Å². The molecule has 23 heavy (non-hydrogen) atoms. The van der Waals surface area contributed by atoms with Crippen molar-refractivity contribution >= 4 is 5.96 Å². The first-order chi connectivity index (χ1) is 10.8. The van der Waals surface area contributed by atoms with Gasteiger partial charge in [0, 0.05) is 25.0 Å². The Hall–Kier alpha value is -1.56. The fourth-order valence-corrected chi connectivity index (χ4v) is 2.57. The van der Waals surface area contributed by atoms with Gasteiger partial charge in [-0.2, -0.15) is 0 Å². The molecule has 0 amide bonds. The number of nitrogens with zero attached hydrogens (tertiary/aromatic N) is 3. The number of hydrogen-bond donors (Lipinski definition) is 2. The molecule has 2 N–H and O–H groups in total. The Morgan fingerprint density at radius 1 is 1.39 bits per heavy atom. The summed E-state index contributed by atoms with van der Waals surface area (Å²) in [5.41, 5.74) is -0.0195. The van der Waals surface area contributed by atoms with Crippen LogP contribution in [0.25, 0.3) is 0 Å². The lowest BCUT2D eigenvalue weighted by molar-refractivity contribution is 0.264.